The first kappa shape index (κ1) is 21.2. The van der Waals surface area contributed by atoms with Gasteiger partial charge in [-0.15, -0.1) is 0 Å². The van der Waals surface area contributed by atoms with Crippen molar-refractivity contribution < 1.29 is 27.4 Å². The number of nitrogens with zero attached hydrogens (tertiary/aromatic N) is 5. The molecule has 0 radical (unpaired) electrons. The standard InChI is InChI=1S/C20H23F3N6O3/c21-20(22,23)13-7-17(24)25-9-12(13)14-8-18(27-19(26-14)28-1-3-30-4-2-28)29-10-15-16(11-29)32-6-5-31-15/h7-9,15-16H,1-6,10-11H2,(H2,24,25)/t15-,16+. The molecule has 5 rings (SSSR count). The minimum atomic E-state index is -4.61. The Morgan fingerprint density at radius 3 is 2.28 bits per heavy atom. The van der Waals surface area contributed by atoms with Gasteiger partial charge in [-0.05, 0) is 6.07 Å². The number of anilines is 3. The lowest BCUT2D eigenvalue weighted by Gasteiger charge is -2.28. The predicted octanol–water partition coefficient (Wildman–Crippen LogP) is 1.58. The van der Waals surface area contributed by atoms with Crippen LogP contribution in [0.2, 0.25) is 0 Å². The molecule has 0 bridgehead atoms. The third kappa shape index (κ3) is 4.17. The van der Waals surface area contributed by atoms with Gasteiger partial charge in [0, 0.05) is 44.0 Å². The number of ether oxygens (including phenoxy) is 3. The van der Waals surface area contributed by atoms with Gasteiger partial charge in [-0.2, -0.15) is 18.2 Å². The average Bonchev–Trinajstić information content (AvgIpc) is 3.23. The highest BCUT2D eigenvalue weighted by Crippen LogP contribution is 2.38. The van der Waals surface area contributed by atoms with Crippen molar-refractivity contribution in [1.29, 1.82) is 0 Å². The van der Waals surface area contributed by atoms with E-state index in [0.29, 0.717) is 64.4 Å². The van der Waals surface area contributed by atoms with Crippen molar-refractivity contribution in [2.75, 3.05) is 68.1 Å². The van der Waals surface area contributed by atoms with E-state index < -0.39 is 11.7 Å². The number of rotatable bonds is 3. The fourth-order valence-corrected chi connectivity index (χ4v) is 4.19. The van der Waals surface area contributed by atoms with Gasteiger partial charge in [0.25, 0.3) is 0 Å². The Labute approximate surface area is 182 Å². The molecule has 0 aromatic carbocycles. The van der Waals surface area contributed by atoms with Gasteiger partial charge in [-0.3, -0.25) is 0 Å². The Morgan fingerprint density at radius 1 is 0.938 bits per heavy atom. The number of hydrogen-bond donors (Lipinski definition) is 1. The highest BCUT2D eigenvalue weighted by molar-refractivity contribution is 5.69. The van der Waals surface area contributed by atoms with Crippen molar-refractivity contribution >= 4 is 17.6 Å². The van der Waals surface area contributed by atoms with Gasteiger partial charge >= 0.3 is 6.18 Å². The van der Waals surface area contributed by atoms with Crippen molar-refractivity contribution in [2.24, 2.45) is 0 Å². The fraction of sp³-hybridized carbons (Fsp3) is 0.550. The molecule has 3 aliphatic rings. The fourth-order valence-electron chi connectivity index (χ4n) is 4.19. The summed E-state index contributed by atoms with van der Waals surface area (Å²) in [5.41, 5.74) is 4.65. The lowest BCUT2D eigenvalue weighted by Crippen LogP contribution is -2.37. The van der Waals surface area contributed by atoms with Crippen LogP contribution < -0.4 is 15.5 Å². The second-order valence-corrected chi connectivity index (χ2v) is 7.89. The van der Waals surface area contributed by atoms with Gasteiger partial charge in [0.15, 0.2) is 0 Å². The van der Waals surface area contributed by atoms with E-state index in [1.807, 2.05) is 9.80 Å². The highest BCUT2D eigenvalue weighted by atomic mass is 19.4. The number of morpholine rings is 1. The monoisotopic (exact) mass is 452 g/mol. The molecule has 0 spiro atoms. The van der Waals surface area contributed by atoms with E-state index in [4.69, 9.17) is 19.9 Å². The van der Waals surface area contributed by atoms with E-state index in [9.17, 15) is 13.2 Å². The van der Waals surface area contributed by atoms with Crippen LogP contribution in [0.1, 0.15) is 5.56 Å². The predicted molar refractivity (Wildman–Crippen MR) is 109 cm³/mol. The van der Waals surface area contributed by atoms with E-state index >= 15 is 0 Å². The quantitative estimate of drug-likeness (QED) is 0.744. The summed E-state index contributed by atoms with van der Waals surface area (Å²) in [6.45, 7) is 4.21. The number of nitrogen functional groups attached to an aromatic ring is 1. The molecular weight excluding hydrogens is 429 g/mol. The summed E-state index contributed by atoms with van der Waals surface area (Å²) >= 11 is 0. The second kappa shape index (κ2) is 8.34. The molecule has 12 heteroatoms. The molecule has 2 aromatic heterocycles. The minimum Gasteiger partial charge on any atom is -0.384 e. The number of halogens is 3. The topological polar surface area (TPSA) is 98.9 Å². The first-order valence-corrected chi connectivity index (χ1v) is 10.4. The van der Waals surface area contributed by atoms with Gasteiger partial charge in [0.2, 0.25) is 5.95 Å². The van der Waals surface area contributed by atoms with Crippen LogP contribution in [-0.4, -0.2) is 79.8 Å². The molecule has 2 N–H and O–H groups in total. The molecule has 9 nitrogen and oxygen atoms in total. The largest absolute Gasteiger partial charge is 0.417 e. The van der Waals surface area contributed by atoms with Crippen LogP contribution in [0.25, 0.3) is 11.3 Å². The Balaban J connectivity index is 1.58. The summed E-state index contributed by atoms with van der Waals surface area (Å²) in [4.78, 5) is 16.9. The van der Waals surface area contributed by atoms with Gasteiger partial charge in [-0.1, -0.05) is 0 Å². The van der Waals surface area contributed by atoms with E-state index in [-0.39, 0.29) is 29.3 Å². The molecule has 0 aliphatic carbocycles. The van der Waals surface area contributed by atoms with Gasteiger partial charge in [0.1, 0.15) is 23.8 Å². The van der Waals surface area contributed by atoms with Crippen LogP contribution >= 0.6 is 0 Å². The molecule has 2 atom stereocenters. The van der Waals surface area contributed by atoms with Crippen molar-refractivity contribution in [1.82, 2.24) is 15.0 Å². The lowest BCUT2D eigenvalue weighted by atomic mass is 10.1. The number of hydrogen-bond acceptors (Lipinski definition) is 9. The van der Waals surface area contributed by atoms with Crippen molar-refractivity contribution in [3.8, 4) is 11.3 Å². The van der Waals surface area contributed by atoms with Crippen molar-refractivity contribution in [3.63, 3.8) is 0 Å². The van der Waals surface area contributed by atoms with Crippen LogP contribution in [0, 0.1) is 0 Å². The molecule has 5 heterocycles. The molecule has 0 saturated carbocycles. The molecular formula is C20H23F3N6O3. The highest BCUT2D eigenvalue weighted by Gasteiger charge is 2.38. The SMILES string of the molecule is Nc1cc(C(F)(F)F)c(-c2cc(N3C[C@@H]4OCCO[C@@H]4C3)nc(N3CCOCC3)n2)cn1. The van der Waals surface area contributed by atoms with Gasteiger partial charge in [0.05, 0.1) is 37.7 Å². The first-order valence-electron chi connectivity index (χ1n) is 10.4. The molecule has 0 amide bonds. The lowest BCUT2D eigenvalue weighted by molar-refractivity contribution is -0.137. The molecule has 3 saturated heterocycles. The normalized spacial score (nSPS) is 24.0. The molecule has 2 aromatic rings. The maximum Gasteiger partial charge on any atom is 0.417 e. The summed E-state index contributed by atoms with van der Waals surface area (Å²) in [7, 11) is 0. The number of nitrogens with two attached hydrogens (primary N) is 1. The zero-order valence-corrected chi connectivity index (χ0v) is 17.2. The summed E-state index contributed by atoms with van der Waals surface area (Å²) in [6.07, 6.45) is -3.69. The van der Waals surface area contributed by atoms with E-state index in [0.717, 1.165) is 12.3 Å². The van der Waals surface area contributed by atoms with Crippen LogP contribution in [0.5, 0.6) is 0 Å². The number of alkyl halides is 3. The van der Waals surface area contributed by atoms with Crippen molar-refractivity contribution in [3.05, 3.63) is 23.9 Å². The van der Waals surface area contributed by atoms with E-state index in [1.165, 1.54) is 0 Å². The average molecular weight is 452 g/mol. The third-order valence-corrected chi connectivity index (χ3v) is 5.79. The van der Waals surface area contributed by atoms with E-state index in [1.54, 1.807) is 6.07 Å². The van der Waals surface area contributed by atoms with Gasteiger partial charge < -0.3 is 29.7 Å². The Bertz CT molecular complexity index is 972. The zero-order chi connectivity index (χ0) is 22.3. The number of pyridine rings is 1. The summed E-state index contributed by atoms with van der Waals surface area (Å²) < 4.78 is 58.3. The Morgan fingerprint density at radius 2 is 1.62 bits per heavy atom. The first-order chi connectivity index (χ1) is 15.4. The third-order valence-electron chi connectivity index (χ3n) is 5.79. The van der Waals surface area contributed by atoms with Crippen LogP contribution in [0.3, 0.4) is 0 Å². The molecule has 172 valence electrons. The summed E-state index contributed by atoms with van der Waals surface area (Å²) in [6, 6.07) is 2.39. The Hall–Kier alpha value is -2.70. The van der Waals surface area contributed by atoms with Crippen LogP contribution in [0.15, 0.2) is 18.3 Å². The molecule has 3 aliphatic heterocycles. The maximum atomic E-state index is 13.8. The summed E-state index contributed by atoms with van der Waals surface area (Å²) in [5, 5.41) is 0. The molecule has 0 unspecified atom stereocenters. The van der Waals surface area contributed by atoms with Crippen molar-refractivity contribution in [2.45, 2.75) is 18.4 Å². The Kier molecular flexibility index (Phi) is 5.51. The van der Waals surface area contributed by atoms with Crippen LogP contribution in [0.4, 0.5) is 30.8 Å². The maximum absolute atomic E-state index is 13.8. The van der Waals surface area contributed by atoms with Gasteiger partial charge in [-0.25, -0.2) is 9.97 Å². The number of fused-ring (bicyclic) bond motifs is 1. The molecule has 3 fully saturated rings. The second-order valence-electron chi connectivity index (χ2n) is 7.89. The zero-order valence-electron chi connectivity index (χ0n) is 17.2. The smallest absolute Gasteiger partial charge is 0.384 e. The van der Waals surface area contributed by atoms with E-state index in [2.05, 4.69) is 15.0 Å². The minimum absolute atomic E-state index is 0.0991. The van der Waals surface area contributed by atoms with Crippen LogP contribution in [-0.2, 0) is 20.4 Å². The number of aromatic nitrogens is 3. The molecule has 32 heavy (non-hydrogen) atoms. The summed E-state index contributed by atoms with van der Waals surface area (Å²) in [5.74, 6) is 0.659.